The molecular formula is C17H17BrN2OS. The Labute approximate surface area is 142 Å². The molecule has 0 aliphatic carbocycles. The third kappa shape index (κ3) is 3.85. The van der Waals surface area contributed by atoms with Crippen molar-refractivity contribution in [2.24, 2.45) is 0 Å². The molecule has 5 heteroatoms. The van der Waals surface area contributed by atoms with Crippen molar-refractivity contribution in [1.29, 1.82) is 0 Å². The van der Waals surface area contributed by atoms with Crippen molar-refractivity contribution < 1.29 is 4.42 Å². The molecule has 0 bridgehead atoms. The zero-order chi connectivity index (χ0) is 15.4. The number of aryl methyl sites for hydroxylation is 1. The smallest absolute Gasteiger partial charge is 0.125 e. The summed E-state index contributed by atoms with van der Waals surface area (Å²) in [7, 11) is 0. The third-order valence-corrected chi connectivity index (χ3v) is 4.78. The van der Waals surface area contributed by atoms with Crippen molar-refractivity contribution in [1.82, 2.24) is 10.3 Å². The second-order valence-electron chi connectivity index (χ2n) is 5.06. The molecule has 0 saturated heterocycles. The number of nitrogens with zero attached hydrogens (tertiary/aromatic N) is 1. The van der Waals surface area contributed by atoms with Crippen LogP contribution in [0.15, 0.2) is 56.9 Å². The molecule has 3 aromatic rings. The van der Waals surface area contributed by atoms with E-state index in [4.69, 9.17) is 4.42 Å². The maximum absolute atomic E-state index is 5.60. The summed E-state index contributed by atoms with van der Waals surface area (Å²) in [6.45, 7) is 2.89. The van der Waals surface area contributed by atoms with Gasteiger partial charge in [-0.05, 0) is 36.8 Å². The molecule has 2 heterocycles. The number of furan rings is 1. The monoisotopic (exact) mass is 376 g/mol. The zero-order valence-electron chi connectivity index (χ0n) is 12.3. The summed E-state index contributed by atoms with van der Waals surface area (Å²) in [5.41, 5.74) is 2.33. The number of nitrogens with one attached hydrogen (secondary N) is 1. The first-order chi connectivity index (χ1) is 10.7. The molecule has 0 saturated carbocycles. The predicted octanol–water partition coefficient (Wildman–Crippen LogP) is 4.73. The molecule has 0 fully saturated rings. The van der Waals surface area contributed by atoms with Gasteiger partial charge in [0.05, 0.1) is 23.0 Å². The van der Waals surface area contributed by atoms with E-state index < -0.39 is 0 Å². The molecule has 1 atom stereocenters. The van der Waals surface area contributed by atoms with E-state index in [0.717, 1.165) is 33.9 Å². The van der Waals surface area contributed by atoms with Gasteiger partial charge in [-0.25, -0.2) is 4.98 Å². The van der Waals surface area contributed by atoms with Crippen molar-refractivity contribution in [3.63, 3.8) is 0 Å². The third-order valence-electron chi connectivity index (χ3n) is 3.43. The fourth-order valence-electron chi connectivity index (χ4n) is 2.36. The Bertz CT molecular complexity index is 707. The molecule has 0 unspecified atom stereocenters. The maximum Gasteiger partial charge on any atom is 0.125 e. The Hall–Kier alpha value is -1.43. The van der Waals surface area contributed by atoms with Crippen molar-refractivity contribution in [3.05, 3.63) is 74.5 Å². The SMILES string of the molecule is Cc1nc(CCN[C@@H](c2ccc(Br)cc2)c2ccco2)cs1. The molecule has 0 radical (unpaired) electrons. The van der Waals surface area contributed by atoms with Crippen LogP contribution in [0.2, 0.25) is 0 Å². The second-order valence-corrected chi connectivity index (χ2v) is 7.04. The topological polar surface area (TPSA) is 38.1 Å². The second kappa shape index (κ2) is 7.22. The Morgan fingerprint density at radius 1 is 1.27 bits per heavy atom. The maximum atomic E-state index is 5.60. The van der Waals surface area contributed by atoms with Gasteiger partial charge in [-0.2, -0.15) is 0 Å². The van der Waals surface area contributed by atoms with Gasteiger partial charge in [0.15, 0.2) is 0 Å². The normalized spacial score (nSPS) is 12.5. The number of benzene rings is 1. The Balaban J connectivity index is 1.70. The summed E-state index contributed by atoms with van der Waals surface area (Å²) in [4.78, 5) is 4.50. The number of hydrogen-bond donors (Lipinski definition) is 1. The van der Waals surface area contributed by atoms with Crippen molar-refractivity contribution in [3.8, 4) is 0 Å². The van der Waals surface area contributed by atoms with Crippen LogP contribution in [-0.4, -0.2) is 11.5 Å². The minimum absolute atomic E-state index is 0.0582. The quantitative estimate of drug-likeness (QED) is 0.675. The van der Waals surface area contributed by atoms with Crippen LogP contribution in [0.4, 0.5) is 0 Å². The van der Waals surface area contributed by atoms with Crippen molar-refractivity contribution >= 4 is 27.3 Å². The van der Waals surface area contributed by atoms with E-state index in [2.05, 4.69) is 55.9 Å². The van der Waals surface area contributed by atoms with Crippen LogP contribution in [0.5, 0.6) is 0 Å². The summed E-state index contributed by atoms with van der Waals surface area (Å²) < 4.78 is 6.68. The van der Waals surface area contributed by atoms with E-state index in [1.807, 2.05) is 19.1 Å². The van der Waals surface area contributed by atoms with Gasteiger partial charge in [-0.1, -0.05) is 28.1 Å². The fourth-order valence-corrected chi connectivity index (χ4v) is 3.27. The lowest BCUT2D eigenvalue weighted by Gasteiger charge is -2.17. The first kappa shape index (κ1) is 15.5. The van der Waals surface area contributed by atoms with E-state index in [1.165, 1.54) is 5.56 Å². The van der Waals surface area contributed by atoms with Crippen LogP contribution in [-0.2, 0) is 6.42 Å². The lowest BCUT2D eigenvalue weighted by Crippen LogP contribution is -2.24. The van der Waals surface area contributed by atoms with Crippen molar-refractivity contribution in [2.75, 3.05) is 6.54 Å². The molecule has 2 aromatic heterocycles. The Morgan fingerprint density at radius 3 is 2.73 bits per heavy atom. The van der Waals surface area contributed by atoms with Gasteiger partial charge in [-0.3, -0.25) is 0 Å². The minimum Gasteiger partial charge on any atom is -0.467 e. The highest BCUT2D eigenvalue weighted by atomic mass is 79.9. The summed E-state index contributed by atoms with van der Waals surface area (Å²) in [5.74, 6) is 0.928. The number of hydrogen-bond acceptors (Lipinski definition) is 4. The average molecular weight is 377 g/mol. The van der Waals surface area contributed by atoms with Crippen LogP contribution >= 0.6 is 27.3 Å². The molecule has 3 nitrogen and oxygen atoms in total. The highest BCUT2D eigenvalue weighted by Crippen LogP contribution is 2.24. The lowest BCUT2D eigenvalue weighted by atomic mass is 10.0. The number of halogens is 1. The van der Waals surface area contributed by atoms with Crippen LogP contribution in [0.3, 0.4) is 0 Å². The first-order valence-corrected chi connectivity index (χ1v) is 8.83. The molecule has 22 heavy (non-hydrogen) atoms. The molecule has 114 valence electrons. The first-order valence-electron chi connectivity index (χ1n) is 7.15. The molecule has 3 rings (SSSR count). The highest BCUT2D eigenvalue weighted by molar-refractivity contribution is 9.10. The summed E-state index contributed by atoms with van der Waals surface area (Å²) >= 11 is 5.17. The van der Waals surface area contributed by atoms with E-state index in [1.54, 1.807) is 17.6 Å². The number of aromatic nitrogens is 1. The van der Waals surface area contributed by atoms with Gasteiger partial charge < -0.3 is 9.73 Å². The molecule has 1 N–H and O–H groups in total. The van der Waals surface area contributed by atoms with Gasteiger partial charge in [-0.15, -0.1) is 11.3 Å². The van der Waals surface area contributed by atoms with Gasteiger partial charge >= 0.3 is 0 Å². The van der Waals surface area contributed by atoms with Crippen LogP contribution < -0.4 is 5.32 Å². The molecule has 0 aliphatic rings. The van der Waals surface area contributed by atoms with Gasteiger partial charge in [0.1, 0.15) is 5.76 Å². The summed E-state index contributed by atoms with van der Waals surface area (Å²) in [5, 5.41) is 6.81. The van der Waals surface area contributed by atoms with Gasteiger partial charge in [0.25, 0.3) is 0 Å². The highest BCUT2D eigenvalue weighted by Gasteiger charge is 2.16. The van der Waals surface area contributed by atoms with E-state index in [-0.39, 0.29) is 6.04 Å². The van der Waals surface area contributed by atoms with E-state index in [9.17, 15) is 0 Å². The molecule has 0 aliphatic heterocycles. The van der Waals surface area contributed by atoms with Crippen molar-refractivity contribution in [2.45, 2.75) is 19.4 Å². The minimum atomic E-state index is 0.0582. The molecule has 1 aromatic carbocycles. The van der Waals surface area contributed by atoms with E-state index >= 15 is 0 Å². The number of thiazole rings is 1. The predicted molar refractivity (Wildman–Crippen MR) is 93.3 cm³/mol. The fraction of sp³-hybridized carbons (Fsp3) is 0.235. The average Bonchev–Trinajstić information content (AvgIpc) is 3.17. The molecular weight excluding hydrogens is 360 g/mol. The number of rotatable bonds is 6. The Kier molecular flexibility index (Phi) is 5.08. The van der Waals surface area contributed by atoms with Gasteiger partial charge in [0, 0.05) is 22.8 Å². The van der Waals surface area contributed by atoms with Gasteiger partial charge in [0.2, 0.25) is 0 Å². The molecule has 0 amide bonds. The lowest BCUT2D eigenvalue weighted by molar-refractivity contribution is 0.447. The Morgan fingerprint density at radius 2 is 2.09 bits per heavy atom. The summed E-state index contributed by atoms with van der Waals surface area (Å²) in [6, 6.07) is 12.3. The van der Waals surface area contributed by atoms with Crippen LogP contribution in [0.25, 0.3) is 0 Å². The van der Waals surface area contributed by atoms with Crippen LogP contribution in [0.1, 0.15) is 28.1 Å². The zero-order valence-corrected chi connectivity index (χ0v) is 14.7. The van der Waals surface area contributed by atoms with Crippen LogP contribution in [0, 0.1) is 6.92 Å². The molecule has 0 spiro atoms. The summed E-state index contributed by atoms with van der Waals surface area (Å²) in [6.07, 6.45) is 2.63. The standard InChI is InChI=1S/C17H17BrN2OS/c1-12-20-15(11-22-12)8-9-19-17(16-3-2-10-21-16)13-4-6-14(18)7-5-13/h2-7,10-11,17,19H,8-9H2,1H3/t17-/m0/s1. The largest absolute Gasteiger partial charge is 0.467 e. The van der Waals surface area contributed by atoms with E-state index in [0.29, 0.717) is 0 Å².